The molecule has 0 aliphatic carbocycles. The summed E-state index contributed by atoms with van der Waals surface area (Å²) in [5.74, 6) is 0.956. The standard InChI is InChI=1S/C25H28ClN7O3/c1-16(34)28-19-8-4-5-9-20(19)30-23-18(26)15-27-24(32-23)31-21-11-10-17(14-22(21)36-2)29-25(35)33-12-6-3-7-13-33/h4-5,8-11,14-15H,3,6-7,12-13H2,1-2H3,(H,28,34)(H,29,35)(H2,27,30,31,32). The number of amides is 3. The zero-order chi connectivity index (χ0) is 25.5. The Bertz CT molecular complexity index is 1250. The molecule has 3 aromatic rings. The SMILES string of the molecule is COc1cc(NC(=O)N2CCCCC2)ccc1Nc1ncc(Cl)c(Nc2ccccc2NC(C)=O)n1. The minimum absolute atomic E-state index is 0.117. The normalized spacial score (nSPS) is 13.0. The summed E-state index contributed by atoms with van der Waals surface area (Å²) in [5, 5.41) is 12.3. The number of urea groups is 1. The zero-order valence-corrected chi connectivity index (χ0v) is 20.9. The van der Waals surface area contributed by atoms with Crippen molar-refractivity contribution < 1.29 is 14.3 Å². The Morgan fingerprint density at radius 1 is 0.972 bits per heavy atom. The molecular weight excluding hydrogens is 482 g/mol. The lowest BCUT2D eigenvalue weighted by Gasteiger charge is -2.27. The van der Waals surface area contributed by atoms with Crippen molar-refractivity contribution >= 4 is 58.1 Å². The van der Waals surface area contributed by atoms with Gasteiger partial charge in [-0.3, -0.25) is 4.79 Å². The highest BCUT2D eigenvalue weighted by Crippen LogP contribution is 2.32. The number of anilines is 6. The predicted molar refractivity (Wildman–Crippen MR) is 142 cm³/mol. The summed E-state index contributed by atoms with van der Waals surface area (Å²) in [6, 6.07) is 12.4. The second-order valence-electron chi connectivity index (χ2n) is 8.26. The van der Waals surface area contributed by atoms with Crippen molar-refractivity contribution in [1.29, 1.82) is 0 Å². The lowest BCUT2D eigenvalue weighted by Crippen LogP contribution is -2.38. The number of ether oxygens (including phenoxy) is 1. The molecule has 11 heteroatoms. The summed E-state index contributed by atoms with van der Waals surface area (Å²) in [5.41, 5.74) is 2.46. The molecule has 0 spiro atoms. The molecule has 0 bridgehead atoms. The van der Waals surface area contributed by atoms with Crippen LogP contribution < -0.4 is 26.0 Å². The van der Waals surface area contributed by atoms with E-state index in [9.17, 15) is 9.59 Å². The highest BCUT2D eigenvalue weighted by Gasteiger charge is 2.17. The van der Waals surface area contributed by atoms with E-state index in [1.54, 1.807) is 37.4 Å². The van der Waals surface area contributed by atoms with Gasteiger partial charge in [-0.25, -0.2) is 9.78 Å². The Labute approximate surface area is 214 Å². The van der Waals surface area contributed by atoms with Crippen molar-refractivity contribution in [2.45, 2.75) is 26.2 Å². The van der Waals surface area contributed by atoms with Crippen LogP contribution in [0, 0.1) is 0 Å². The maximum atomic E-state index is 12.5. The number of hydrogen-bond donors (Lipinski definition) is 4. The third-order valence-corrected chi connectivity index (χ3v) is 5.85. The predicted octanol–water partition coefficient (Wildman–Crippen LogP) is 5.60. The van der Waals surface area contributed by atoms with Crippen LogP contribution in [0.25, 0.3) is 0 Å². The van der Waals surface area contributed by atoms with E-state index >= 15 is 0 Å². The van der Waals surface area contributed by atoms with Crippen LogP contribution in [0.2, 0.25) is 5.02 Å². The lowest BCUT2D eigenvalue weighted by molar-refractivity contribution is -0.114. The van der Waals surface area contributed by atoms with Gasteiger partial charge in [0.25, 0.3) is 0 Å². The average Bonchev–Trinajstić information content (AvgIpc) is 2.88. The number of halogens is 1. The van der Waals surface area contributed by atoms with Gasteiger partial charge < -0.3 is 30.9 Å². The van der Waals surface area contributed by atoms with Gasteiger partial charge in [-0.2, -0.15) is 4.98 Å². The number of carbonyl (C=O) groups is 2. The van der Waals surface area contributed by atoms with Crippen molar-refractivity contribution in [3.8, 4) is 5.75 Å². The molecule has 10 nitrogen and oxygen atoms in total. The van der Waals surface area contributed by atoms with Crippen LogP contribution in [-0.4, -0.2) is 47.0 Å². The zero-order valence-electron chi connectivity index (χ0n) is 20.1. The summed E-state index contributed by atoms with van der Waals surface area (Å²) in [6.07, 6.45) is 4.68. The molecule has 2 aromatic carbocycles. The van der Waals surface area contributed by atoms with Crippen LogP contribution in [0.1, 0.15) is 26.2 Å². The molecule has 0 radical (unpaired) electrons. The highest BCUT2D eigenvalue weighted by molar-refractivity contribution is 6.33. The number of carbonyl (C=O) groups excluding carboxylic acids is 2. The van der Waals surface area contributed by atoms with E-state index in [0.717, 1.165) is 32.4 Å². The molecule has 3 amide bonds. The maximum Gasteiger partial charge on any atom is 0.321 e. The van der Waals surface area contributed by atoms with Gasteiger partial charge in [0.2, 0.25) is 11.9 Å². The van der Waals surface area contributed by atoms with Crippen molar-refractivity contribution in [2.24, 2.45) is 0 Å². The van der Waals surface area contributed by atoms with Gasteiger partial charge in [0.1, 0.15) is 10.8 Å². The number of piperidine rings is 1. The Hall–Kier alpha value is -4.05. The molecule has 1 fully saturated rings. The van der Waals surface area contributed by atoms with Crippen molar-refractivity contribution in [1.82, 2.24) is 14.9 Å². The summed E-state index contributed by atoms with van der Waals surface area (Å²) in [6.45, 7) is 2.97. The number of hydrogen-bond acceptors (Lipinski definition) is 7. The number of rotatable bonds is 7. The molecule has 0 atom stereocenters. The van der Waals surface area contributed by atoms with Gasteiger partial charge in [-0.05, 0) is 43.5 Å². The first-order valence-electron chi connectivity index (χ1n) is 11.6. The van der Waals surface area contributed by atoms with E-state index in [0.29, 0.717) is 39.3 Å². The molecule has 1 aromatic heterocycles. The Morgan fingerprint density at radius 3 is 2.44 bits per heavy atom. The minimum Gasteiger partial charge on any atom is -0.494 e. The monoisotopic (exact) mass is 509 g/mol. The fourth-order valence-electron chi connectivity index (χ4n) is 3.83. The molecule has 4 N–H and O–H groups in total. The Kier molecular flexibility index (Phi) is 8.06. The van der Waals surface area contributed by atoms with E-state index in [1.165, 1.54) is 13.1 Å². The first-order valence-corrected chi connectivity index (χ1v) is 12.0. The third kappa shape index (κ3) is 6.33. The molecule has 1 aliphatic rings. The number of nitrogens with zero attached hydrogens (tertiary/aromatic N) is 3. The first-order chi connectivity index (χ1) is 17.4. The van der Waals surface area contributed by atoms with Gasteiger partial charge in [0.15, 0.2) is 5.82 Å². The van der Waals surface area contributed by atoms with E-state index in [4.69, 9.17) is 16.3 Å². The number of methoxy groups -OCH3 is 1. The van der Waals surface area contributed by atoms with E-state index in [2.05, 4.69) is 31.2 Å². The van der Waals surface area contributed by atoms with E-state index in [-0.39, 0.29) is 17.9 Å². The van der Waals surface area contributed by atoms with Crippen molar-refractivity contribution in [2.75, 3.05) is 41.5 Å². The summed E-state index contributed by atoms with van der Waals surface area (Å²) in [4.78, 5) is 34.6. The largest absolute Gasteiger partial charge is 0.494 e. The summed E-state index contributed by atoms with van der Waals surface area (Å²) < 4.78 is 5.52. The fourth-order valence-corrected chi connectivity index (χ4v) is 3.96. The summed E-state index contributed by atoms with van der Waals surface area (Å²) in [7, 11) is 1.55. The molecule has 36 heavy (non-hydrogen) atoms. The molecule has 2 heterocycles. The molecule has 188 valence electrons. The van der Waals surface area contributed by atoms with Crippen LogP contribution in [0.3, 0.4) is 0 Å². The third-order valence-electron chi connectivity index (χ3n) is 5.58. The van der Waals surface area contributed by atoms with Crippen LogP contribution in [0.4, 0.5) is 39.3 Å². The minimum atomic E-state index is -0.192. The van der Waals surface area contributed by atoms with Crippen LogP contribution >= 0.6 is 11.6 Å². The van der Waals surface area contributed by atoms with Crippen LogP contribution in [-0.2, 0) is 4.79 Å². The summed E-state index contributed by atoms with van der Waals surface area (Å²) >= 11 is 6.33. The van der Waals surface area contributed by atoms with E-state index < -0.39 is 0 Å². The average molecular weight is 510 g/mol. The lowest BCUT2D eigenvalue weighted by atomic mass is 10.1. The maximum absolute atomic E-state index is 12.5. The van der Waals surface area contributed by atoms with Crippen molar-refractivity contribution in [3.63, 3.8) is 0 Å². The quantitative estimate of drug-likeness (QED) is 0.327. The van der Waals surface area contributed by atoms with Crippen molar-refractivity contribution in [3.05, 3.63) is 53.7 Å². The Morgan fingerprint density at radius 2 is 1.72 bits per heavy atom. The van der Waals surface area contributed by atoms with Gasteiger partial charge >= 0.3 is 6.03 Å². The molecular formula is C25H28ClN7O3. The molecule has 0 saturated carbocycles. The molecule has 0 unspecified atom stereocenters. The second-order valence-corrected chi connectivity index (χ2v) is 8.67. The van der Waals surface area contributed by atoms with Crippen LogP contribution in [0.5, 0.6) is 5.75 Å². The van der Waals surface area contributed by atoms with Gasteiger partial charge in [0.05, 0.1) is 30.4 Å². The smallest absolute Gasteiger partial charge is 0.321 e. The van der Waals surface area contributed by atoms with Gasteiger partial charge in [0, 0.05) is 31.8 Å². The van der Waals surface area contributed by atoms with Gasteiger partial charge in [-0.1, -0.05) is 23.7 Å². The molecule has 1 saturated heterocycles. The van der Waals surface area contributed by atoms with Crippen LogP contribution in [0.15, 0.2) is 48.7 Å². The second kappa shape index (κ2) is 11.6. The highest BCUT2D eigenvalue weighted by atomic mass is 35.5. The topological polar surface area (TPSA) is 121 Å². The Balaban J connectivity index is 1.50. The number of likely N-dealkylation sites (tertiary alicyclic amines) is 1. The number of para-hydroxylation sites is 2. The molecule has 1 aliphatic heterocycles. The number of nitrogens with one attached hydrogen (secondary N) is 4. The van der Waals surface area contributed by atoms with Gasteiger partial charge in [-0.15, -0.1) is 0 Å². The molecule has 4 rings (SSSR count). The fraction of sp³-hybridized carbons (Fsp3) is 0.280. The van der Waals surface area contributed by atoms with E-state index in [1.807, 2.05) is 17.0 Å². The number of benzene rings is 2. The number of aromatic nitrogens is 2. The first kappa shape index (κ1) is 25.1.